The molecule has 0 saturated carbocycles. The first-order valence-corrected chi connectivity index (χ1v) is 6.81. The summed E-state index contributed by atoms with van der Waals surface area (Å²) in [7, 11) is 0. The van der Waals surface area contributed by atoms with E-state index in [4.69, 9.17) is 22.1 Å². The molecule has 0 heterocycles. The zero-order valence-electron chi connectivity index (χ0n) is 11.5. The van der Waals surface area contributed by atoms with Crippen LogP contribution in [-0.2, 0) is 11.4 Å². The number of halogens is 1. The van der Waals surface area contributed by atoms with Crippen molar-refractivity contribution in [3.63, 3.8) is 0 Å². The molecule has 0 aliphatic heterocycles. The van der Waals surface area contributed by atoms with Gasteiger partial charge in [-0.05, 0) is 41.8 Å². The first-order chi connectivity index (χ1) is 9.99. The molecule has 0 radical (unpaired) electrons. The van der Waals surface area contributed by atoms with E-state index in [0.717, 1.165) is 5.56 Å². The molecule has 2 aromatic rings. The van der Waals surface area contributed by atoms with E-state index in [2.05, 4.69) is 0 Å². The summed E-state index contributed by atoms with van der Waals surface area (Å²) in [6.07, 6.45) is -1.34. The van der Waals surface area contributed by atoms with E-state index < -0.39 is 12.0 Å². The summed E-state index contributed by atoms with van der Waals surface area (Å²) in [5.74, 6) is -0.0899. The van der Waals surface area contributed by atoms with Crippen molar-refractivity contribution in [2.24, 2.45) is 5.73 Å². The summed E-state index contributed by atoms with van der Waals surface area (Å²) < 4.78 is 5.73. The van der Waals surface area contributed by atoms with Crippen molar-refractivity contribution in [1.29, 1.82) is 0 Å². The minimum atomic E-state index is -1.34. The zero-order valence-corrected chi connectivity index (χ0v) is 12.3. The van der Waals surface area contributed by atoms with Gasteiger partial charge in [0.25, 0.3) is 5.91 Å². The van der Waals surface area contributed by atoms with Crippen LogP contribution >= 0.6 is 11.6 Å². The van der Waals surface area contributed by atoms with Gasteiger partial charge in [-0.15, -0.1) is 0 Å². The summed E-state index contributed by atoms with van der Waals surface area (Å²) in [5.41, 5.74) is 7.21. The molecule has 2 rings (SSSR count). The molecule has 0 aromatic heterocycles. The maximum absolute atomic E-state index is 11.1. The number of rotatable bonds is 5. The third-order valence-corrected chi connectivity index (χ3v) is 3.37. The number of primary amides is 1. The van der Waals surface area contributed by atoms with E-state index in [1.807, 2.05) is 13.0 Å². The van der Waals surface area contributed by atoms with E-state index in [-0.39, 0.29) is 6.61 Å². The van der Waals surface area contributed by atoms with E-state index in [1.165, 1.54) is 0 Å². The highest BCUT2D eigenvalue weighted by molar-refractivity contribution is 6.30. The number of ether oxygens (including phenoxy) is 1. The molecular formula is C16H16ClNO3. The van der Waals surface area contributed by atoms with Gasteiger partial charge in [0.1, 0.15) is 12.4 Å². The standard InChI is InChI=1S/C16H16ClNO3/c1-10-8-12(17)6-7-14(10)21-9-11-4-2-3-5-13(11)15(19)16(18)20/h2-8,15,19H,9H2,1H3,(H2,18,20). The fourth-order valence-electron chi connectivity index (χ4n) is 2.02. The molecule has 2 aromatic carbocycles. The number of aliphatic hydroxyl groups is 1. The number of amides is 1. The van der Waals surface area contributed by atoms with Crippen LogP contribution in [0.15, 0.2) is 42.5 Å². The Hall–Kier alpha value is -2.04. The minimum absolute atomic E-state index is 0.225. The predicted octanol–water partition coefficient (Wildman–Crippen LogP) is 2.75. The predicted molar refractivity (Wildman–Crippen MR) is 81.1 cm³/mol. The number of aliphatic hydroxyl groups excluding tert-OH is 1. The van der Waals surface area contributed by atoms with E-state index in [9.17, 15) is 9.90 Å². The molecule has 0 fully saturated rings. The largest absolute Gasteiger partial charge is 0.489 e. The van der Waals surface area contributed by atoms with Gasteiger partial charge in [0.05, 0.1) is 0 Å². The van der Waals surface area contributed by atoms with Gasteiger partial charge < -0.3 is 15.6 Å². The lowest BCUT2D eigenvalue weighted by Crippen LogP contribution is -2.22. The summed E-state index contributed by atoms with van der Waals surface area (Å²) in [6, 6.07) is 12.3. The molecule has 3 N–H and O–H groups in total. The molecule has 0 bridgehead atoms. The average molecular weight is 306 g/mol. The third kappa shape index (κ3) is 3.74. The number of benzene rings is 2. The fraction of sp³-hybridized carbons (Fsp3) is 0.188. The molecule has 0 spiro atoms. The first kappa shape index (κ1) is 15.4. The Bertz CT molecular complexity index is 658. The normalized spacial score (nSPS) is 12.0. The molecule has 0 aliphatic carbocycles. The Morgan fingerprint density at radius 3 is 2.71 bits per heavy atom. The molecule has 0 saturated heterocycles. The Kier molecular flexibility index (Phi) is 4.83. The summed E-state index contributed by atoms with van der Waals surface area (Å²) in [4.78, 5) is 11.1. The van der Waals surface area contributed by atoms with Crippen LogP contribution in [0.25, 0.3) is 0 Å². The highest BCUT2D eigenvalue weighted by Crippen LogP contribution is 2.24. The number of carbonyl (C=O) groups excluding carboxylic acids is 1. The second-order valence-electron chi connectivity index (χ2n) is 4.70. The maximum atomic E-state index is 11.1. The zero-order chi connectivity index (χ0) is 15.4. The molecule has 1 atom stereocenters. The first-order valence-electron chi connectivity index (χ1n) is 6.43. The SMILES string of the molecule is Cc1cc(Cl)ccc1OCc1ccccc1C(O)C(N)=O. The van der Waals surface area contributed by atoms with Crippen molar-refractivity contribution in [2.45, 2.75) is 19.6 Å². The lowest BCUT2D eigenvalue weighted by molar-refractivity contribution is -0.126. The second-order valence-corrected chi connectivity index (χ2v) is 5.14. The van der Waals surface area contributed by atoms with Crippen LogP contribution in [0.2, 0.25) is 5.02 Å². The van der Waals surface area contributed by atoms with Crippen molar-refractivity contribution >= 4 is 17.5 Å². The maximum Gasteiger partial charge on any atom is 0.250 e. The number of hydrogen-bond donors (Lipinski definition) is 2. The number of carbonyl (C=O) groups is 1. The van der Waals surface area contributed by atoms with Crippen molar-refractivity contribution in [2.75, 3.05) is 0 Å². The molecule has 21 heavy (non-hydrogen) atoms. The topological polar surface area (TPSA) is 72.6 Å². The molecule has 4 nitrogen and oxygen atoms in total. The van der Waals surface area contributed by atoms with Crippen molar-refractivity contribution in [1.82, 2.24) is 0 Å². The Labute approximate surface area is 128 Å². The van der Waals surface area contributed by atoms with Gasteiger partial charge in [-0.1, -0.05) is 35.9 Å². The minimum Gasteiger partial charge on any atom is -0.489 e. The van der Waals surface area contributed by atoms with Gasteiger partial charge in [-0.2, -0.15) is 0 Å². The Morgan fingerprint density at radius 1 is 1.33 bits per heavy atom. The highest BCUT2D eigenvalue weighted by Gasteiger charge is 2.17. The van der Waals surface area contributed by atoms with Crippen LogP contribution in [0.3, 0.4) is 0 Å². The Morgan fingerprint density at radius 2 is 2.05 bits per heavy atom. The van der Waals surface area contributed by atoms with E-state index in [1.54, 1.807) is 36.4 Å². The number of aryl methyl sites for hydroxylation is 1. The third-order valence-electron chi connectivity index (χ3n) is 3.14. The van der Waals surface area contributed by atoms with Crippen LogP contribution in [0.4, 0.5) is 0 Å². The summed E-state index contributed by atoms with van der Waals surface area (Å²) >= 11 is 5.90. The average Bonchev–Trinajstić information content (AvgIpc) is 2.46. The van der Waals surface area contributed by atoms with Crippen LogP contribution in [0.1, 0.15) is 22.8 Å². The Balaban J connectivity index is 2.18. The van der Waals surface area contributed by atoms with Gasteiger partial charge in [0, 0.05) is 5.02 Å². The van der Waals surface area contributed by atoms with Gasteiger partial charge in [-0.25, -0.2) is 0 Å². The van der Waals surface area contributed by atoms with Crippen LogP contribution in [0.5, 0.6) is 5.75 Å². The molecule has 110 valence electrons. The molecule has 0 aliphatic rings. The van der Waals surface area contributed by atoms with Crippen LogP contribution in [-0.4, -0.2) is 11.0 Å². The number of nitrogens with two attached hydrogens (primary N) is 1. The molecule has 1 amide bonds. The van der Waals surface area contributed by atoms with Crippen LogP contribution < -0.4 is 10.5 Å². The summed E-state index contributed by atoms with van der Waals surface area (Å²) in [6.45, 7) is 2.12. The van der Waals surface area contributed by atoms with E-state index >= 15 is 0 Å². The van der Waals surface area contributed by atoms with Gasteiger partial charge in [0.15, 0.2) is 6.10 Å². The number of hydrogen-bond acceptors (Lipinski definition) is 3. The quantitative estimate of drug-likeness (QED) is 0.892. The van der Waals surface area contributed by atoms with Crippen molar-refractivity contribution < 1.29 is 14.6 Å². The fourth-order valence-corrected chi connectivity index (χ4v) is 2.24. The highest BCUT2D eigenvalue weighted by atomic mass is 35.5. The van der Waals surface area contributed by atoms with Gasteiger partial charge >= 0.3 is 0 Å². The molecule has 1 unspecified atom stereocenters. The second kappa shape index (κ2) is 6.61. The van der Waals surface area contributed by atoms with Gasteiger partial charge in [0.2, 0.25) is 0 Å². The lowest BCUT2D eigenvalue weighted by Gasteiger charge is -2.14. The molecule has 5 heteroatoms. The van der Waals surface area contributed by atoms with Crippen molar-refractivity contribution in [3.8, 4) is 5.75 Å². The van der Waals surface area contributed by atoms with Crippen LogP contribution in [0, 0.1) is 6.92 Å². The monoisotopic (exact) mass is 305 g/mol. The van der Waals surface area contributed by atoms with Crippen molar-refractivity contribution in [3.05, 3.63) is 64.2 Å². The molecular weight excluding hydrogens is 290 g/mol. The lowest BCUT2D eigenvalue weighted by atomic mass is 10.0. The summed E-state index contributed by atoms with van der Waals surface area (Å²) in [5, 5.41) is 10.5. The van der Waals surface area contributed by atoms with E-state index in [0.29, 0.717) is 21.9 Å². The van der Waals surface area contributed by atoms with Gasteiger partial charge in [-0.3, -0.25) is 4.79 Å². The smallest absolute Gasteiger partial charge is 0.250 e.